The molecule has 1 aromatic heterocycles. The summed E-state index contributed by atoms with van der Waals surface area (Å²) in [6, 6.07) is 10.8. The first kappa shape index (κ1) is 15.1. The van der Waals surface area contributed by atoms with Gasteiger partial charge in [-0.15, -0.1) is 0 Å². The fraction of sp³-hybridized carbons (Fsp3) is 0.176. The number of aryl methyl sites for hydroxylation is 1. The molecule has 0 aliphatic heterocycles. The predicted octanol–water partition coefficient (Wildman–Crippen LogP) is 3.52. The summed E-state index contributed by atoms with van der Waals surface area (Å²) >= 11 is 0. The molecule has 3 aromatic rings. The summed E-state index contributed by atoms with van der Waals surface area (Å²) in [5.41, 5.74) is 1.91. The van der Waals surface area contributed by atoms with Crippen molar-refractivity contribution in [2.75, 3.05) is 5.32 Å². The second kappa shape index (κ2) is 6.16. The van der Waals surface area contributed by atoms with Crippen LogP contribution in [-0.4, -0.2) is 15.5 Å². The summed E-state index contributed by atoms with van der Waals surface area (Å²) in [7, 11) is 0. The van der Waals surface area contributed by atoms with Crippen LogP contribution in [0.1, 0.15) is 12.7 Å². The Kier molecular flexibility index (Phi) is 4.06. The number of amides is 1. The summed E-state index contributed by atoms with van der Waals surface area (Å²) in [6.45, 7) is 2.02. The maximum atomic E-state index is 13.2. The van der Waals surface area contributed by atoms with E-state index in [0.29, 0.717) is 6.42 Å². The zero-order chi connectivity index (χ0) is 16.4. The molecule has 0 bridgehead atoms. The van der Waals surface area contributed by atoms with Gasteiger partial charge in [0.15, 0.2) is 11.6 Å². The number of para-hydroxylation sites is 2. The SMILES string of the molecule is CCc1nc2ccccc2n1CC(=O)Nc1ccc(F)c(F)c1. The van der Waals surface area contributed by atoms with E-state index in [0.717, 1.165) is 29.0 Å². The van der Waals surface area contributed by atoms with Gasteiger partial charge < -0.3 is 9.88 Å². The fourth-order valence-corrected chi connectivity index (χ4v) is 2.49. The molecule has 2 aromatic carbocycles. The number of fused-ring (bicyclic) bond motifs is 1. The van der Waals surface area contributed by atoms with Crippen molar-refractivity contribution in [1.29, 1.82) is 0 Å². The Bertz CT molecular complexity index is 873. The third-order valence-electron chi connectivity index (χ3n) is 3.55. The summed E-state index contributed by atoms with van der Waals surface area (Å²) in [5, 5.41) is 2.57. The van der Waals surface area contributed by atoms with Crippen molar-refractivity contribution in [3.63, 3.8) is 0 Å². The average Bonchev–Trinajstić information content (AvgIpc) is 2.89. The zero-order valence-corrected chi connectivity index (χ0v) is 12.5. The molecule has 6 heteroatoms. The number of imidazole rings is 1. The molecular weight excluding hydrogens is 300 g/mol. The lowest BCUT2D eigenvalue weighted by atomic mass is 10.3. The van der Waals surface area contributed by atoms with Crippen LogP contribution >= 0.6 is 0 Å². The summed E-state index contributed by atoms with van der Waals surface area (Å²) in [4.78, 5) is 16.7. The number of aromatic nitrogens is 2. The van der Waals surface area contributed by atoms with E-state index in [1.807, 2.05) is 35.8 Å². The minimum Gasteiger partial charge on any atom is -0.324 e. The van der Waals surface area contributed by atoms with Gasteiger partial charge in [-0.25, -0.2) is 13.8 Å². The van der Waals surface area contributed by atoms with Crippen LogP contribution in [-0.2, 0) is 17.8 Å². The molecule has 0 fully saturated rings. The largest absolute Gasteiger partial charge is 0.324 e. The Hall–Kier alpha value is -2.76. The molecule has 0 aliphatic rings. The highest BCUT2D eigenvalue weighted by Gasteiger charge is 2.13. The Balaban J connectivity index is 1.83. The monoisotopic (exact) mass is 315 g/mol. The van der Waals surface area contributed by atoms with Crippen LogP contribution in [0.4, 0.5) is 14.5 Å². The minimum absolute atomic E-state index is 0.0582. The number of rotatable bonds is 4. The van der Waals surface area contributed by atoms with Gasteiger partial charge in [0.1, 0.15) is 12.4 Å². The van der Waals surface area contributed by atoms with Gasteiger partial charge in [-0.05, 0) is 24.3 Å². The molecule has 1 heterocycles. The first-order valence-electron chi connectivity index (χ1n) is 7.27. The number of halogens is 2. The first-order chi connectivity index (χ1) is 11.1. The standard InChI is InChI=1S/C17H15F2N3O/c1-2-16-21-14-5-3-4-6-15(14)22(16)10-17(23)20-11-7-8-12(18)13(19)9-11/h3-9H,2,10H2,1H3,(H,20,23). The van der Waals surface area contributed by atoms with Crippen LogP contribution in [0.2, 0.25) is 0 Å². The third kappa shape index (κ3) is 3.06. The molecule has 0 radical (unpaired) electrons. The molecule has 0 spiro atoms. The zero-order valence-electron chi connectivity index (χ0n) is 12.5. The number of carbonyl (C=O) groups is 1. The van der Waals surface area contributed by atoms with Gasteiger partial charge in [0.2, 0.25) is 5.91 Å². The highest BCUT2D eigenvalue weighted by atomic mass is 19.2. The molecule has 0 saturated heterocycles. The molecule has 3 rings (SSSR count). The van der Waals surface area contributed by atoms with Gasteiger partial charge >= 0.3 is 0 Å². The quantitative estimate of drug-likeness (QED) is 0.801. The summed E-state index contributed by atoms with van der Waals surface area (Å²) in [5.74, 6) is -1.47. The van der Waals surface area contributed by atoms with Crippen LogP contribution < -0.4 is 5.32 Å². The van der Waals surface area contributed by atoms with Crippen LogP contribution in [0, 0.1) is 11.6 Å². The van der Waals surface area contributed by atoms with Gasteiger partial charge in [-0.1, -0.05) is 19.1 Å². The minimum atomic E-state index is -0.995. The number of anilines is 1. The molecular formula is C17H15F2N3O. The highest BCUT2D eigenvalue weighted by molar-refractivity contribution is 5.91. The fourth-order valence-electron chi connectivity index (χ4n) is 2.49. The van der Waals surface area contributed by atoms with E-state index in [4.69, 9.17) is 0 Å². The van der Waals surface area contributed by atoms with Crippen LogP contribution in [0.25, 0.3) is 11.0 Å². The Labute approximate surface area is 131 Å². The molecule has 118 valence electrons. The normalized spacial score (nSPS) is 10.9. The van der Waals surface area contributed by atoms with Gasteiger partial charge in [0.05, 0.1) is 11.0 Å². The van der Waals surface area contributed by atoms with Gasteiger partial charge in [-0.3, -0.25) is 4.79 Å². The smallest absolute Gasteiger partial charge is 0.244 e. The van der Waals surface area contributed by atoms with Gasteiger partial charge in [-0.2, -0.15) is 0 Å². The van der Waals surface area contributed by atoms with Crippen molar-refractivity contribution >= 4 is 22.6 Å². The van der Waals surface area contributed by atoms with Crippen molar-refractivity contribution in [1.82, 2.24) is 9.55 Å². The van der Waals surface area contributed by atoms with Crippen LogP contribution in [0.15, 0.2) is 42.5 Å². The number of nitrogens with zero attached hydrogens (tertiary/aromatic N) is 2. The Morgan fingerprint density at radius 2 is 1.96 bits per heavy atom. The van der Waals surface area contributed by atoms with E-state index >= 15 is 0 Å². The maximum Gasteiger partial charge on any atom is 0.244 e. The first-order valence-corrected chi connectivity index (χ1v) is 7.27. The number of nitrogens with one attached hydrogen (secondary N) is 1. The van der Waals surface area contributed by atoms with Crippen molar-refractivity contribution in [2.45, 2.75) is 19.9 Å². The topological polar surface area (TPSA) is 46.9 Å². The summed E-state index contributed by atoms with van der Waals surface area (Å²) in [6.07, 6.45) is 0.688. The molecule has 1 amide bonds. The molecule has 0 saturated carbocycles. The number of hydrogen-bond donors (Lipinski definition) is 1. The number of hydrogen-bond acceptors (Lipinski definition) is 2. The van der Waals surface area contributed by atoms with Crippen LogP contribution in [0.3, 0.4) is 0 Å². The van der Waals surface area contributed by atoms with Gasteiger partial charge in [0, 0.05) is 18.2 Å². The Morgan fingerprint density at radius 3 is 2.70 bits per heavy atom. The molecule has 4 nitrogen and oxygen atoms in total. The second-order valence-corrected chi connectivity index (χ2v) is 5.13. The second-order valence-electron chi connectivity index (χ2n) is 5.13. The lowest BCUT2D eigenvalue weighted by Crippen LogP contribution is -2.20. The van der Waals surface area contributed by atoms with Gasteiger partial charge in [0.25, 0.3) is 0 Å². The van der Waals surface area contributed by atoms with E-state index in [1.165, 1.54) is 6.07 Å². The van der Waals surface area contributed by atoms with E-state index in [-0.39, 0.29) is 18.1 Å². The van der Waals surface area contributed by atoms with Crippen molar-refractivity contribution in [3.05, 3.63) is 59.9 Å². The third-order valence-corrected chi connectivity index (χ3v) is 3.55. The predicted molar refractivity (Wildman–Crippen MR) is 84.1 cm³/mol. The Morgan fingerprint density at radius 1 is 1.17 bits per heavy atom. The highest BCUT2D eigenvalue weighted by Crippen LogP contribution is 2.17. The molecule has 0 atom stereocenters. The number of benzene rings is 2. The van der Waals surface area contributed by atoms with Crippen molar-refractivity contribution in [2.24, 2.45) is 0 Å². The van der Waals surface area contributed by atoms with E-state index in [9.17, 15) is 13.6 Å². The van der Waals surface area contributed by atoms with Crippen LogP contribution in [0.5, 0.6) is 0 Å². The van der Waals surface area contributed by atoms with Crippen molar-refractivity contribution in [3.8, 4) is 0 Å². The molecule has 1 N–H and O–H groups in total. The molecule has 23 heavy (non-hydrogen) atoms. The van der Waals surface area contributed by atoms with Crippen molar-refractivity contribution < 1.29 is 13.6 Å². The molecule has 0 aliphatic carbocycles. The maximum absolute atomic E-state index is 13.2. The lowest BCUT2D eigenvalue weighted by molar-refractivity contribution is -0.116. The number of carbonyl (C=O) groups excluding carboxylic acids is 1. The van der Waals surface area contributed by atoms with E-state index < -0.39 is 11.6 Å². The lowest BCUT2D eigenvalue weighted by Gasteiger charge is -2.09. The molecule has 0 unspecified atom stereocenters. The summed E-state index contributed by atoms with van der Waals surface area (Å²) < 4.78 is 27.9. The average molecular weight is 315 g/mol. The van der Waals surface area contributed by atoms with E-state index in [1.54, 1.807) is 0 Å². The van der Waals surface area contributed by atoms with E-state index in [2.05, 4.69) is 10.3 Å².